The van der Waals surface area contributed by atoms with Crippen molar-refractivity contribution in [2.75, 3.05) is 6.61 Å². The molecule has 0 bridgehead atoms. The van der Waals surface area contributed by atoms with Crippen molar-refractivity contribution in [2.45, 2.75) is 76.6 Å². The molecule has 1 aromatic rings. The average molecular weight is 383 g/mol. The van der Waals surface area contributed by atoms with Crippen molar-refractivity contribution < 1.29 is 14.6 Å². The Balaban J connectivity index is 1.73. The number of benzene rings is 1. The van der Waals surface area contributed by atoms with Crippen molar-refractivity contribution in [3.8, 4) is 5.75 Å². The van der Waals surface area contributed by atoms with Crippen LogP contribution in [-0.4, -0.2) is 23.6 Å². The number of unbranched alkanes of at least 4 members (excludes halogenated alkanes) is 2. The smallest absolute Gasteiger partial charge is 0.211 e. The summed E-state index contributed by atoms with van der Waals surface area (Å²) in [5.74, 6) is 0.518. The molecule has 1 fully saturated rings. The van der Waals surface area contributed by atoms with Crippen LogP contribution in [-0.2, 0) is 17.6 Å². The fourth-order valence-electron chi connectivity index (χ4n) is 3.70. The third-order valence-electron chi connectivity index (χ3n) is 5.02. The van der Waals surface area contributed by atoms with Gasteiger partial charge >= 0.3 is 0 Å². The summed E-state index contributed by atoms with van der Waals surface area (Å²) in [4.78, 5) is 0. The van der Waals surface area contributed by atoms with Gasteiger partial charge < -0.3 is 14.6 Å². The van der Waals surface area contributed by atoms with E-state index in [9.17, 15) is 5.11 Å². The molecule has 0 aromatic heterocycles. The first-order valence-electron chi connectivity index (χ1n) is 8.95. The second-order valence-electron chi connectivity index (χ2n) is 6.83. The van der Waals surface area contributed by atoms with E-state index < -0.39 is 5.79 Å². The number of rotatable bonds is 6. The Labute approximate surface area is 147 Å². The van der Waals surface area contributed by atoms with Crippen molar-refractivity contribution in [1.29, 1.82) is 0 Å². The number of fused-ring (bicyclic) bond motifs is 1. The molecule has 0 unspecified atom stereocenters. The van der Waals surface area contributed by atoms with Crippen molar-refractivity contribution in [2.24, 2.45) is 0 Å². The van der Waals surface area contributed by atoms with E-state index in [0.29, 0.717) is 0 Å². The van der Waals surface area contributed by atoms with Crippen LogP contribution >= 0.6 is 15.9 Å². The minimum Gasteiger partial charge on any atom is -0.461 e. The highest BCUT2D eigenvalue weighted by atomic mass is 79.9. The number of ether oxygens (including phenoxy) is 2. The highest BCUT2D eigenvalue weighted by molar-refractivity contribution is 9.10. The van der Waals surface area contributed by atoms with Crippen LogP contribution < -0.4 is 4.74 Å². The summed E-state index contributed by atoms with van der Waals surface area (Å²) in [6.07, 6.45) is 8.75. The molecule has 0 amide bonds. The summed E-state index contributed by atoms with van der Waals surface area (Å²) in [5, 5.41) is 10.3. The van der Waals surface area contributed by atoms with Crippen LogP contribution in [0.15, 0.2) is 16.6 Å². The molecule has 2 aliphatic rings. The lowest BCUT2D eigenvalue weighted by Gasteiger charge is -2.36. The van der Waals surface area contributed by atoms with Crippen molar-refractivity contribution >= 4 is 15.9 Å². The zero-order chi connectivity index (χ0) is 16.3. The first-order chi connectivity index (χ1) is 11.1. The second kappa shape index (κ2) is 7.54. The minimum absolute atomic E-state index is 0.259. The van der Waals surface area contributed by atoms with Gasteiger partial charge in [0.1, 0.15) is 5.75 Å². The summed E-state index contributed by atoms with van der Waals surface area (Å²) in [6.45, 7) is 2.98. The zero-order valence-corrected chi connectivity index (χ0v) is 15.5. The molecule has 2 aliphatic heterocycles. The number of aliphatic hydroxyl groups is 1. The first-order valence-corrected chi connectivity index (χ1v) is 9.74. The van der Waals surface area contributed by atoms with Crippen molar-refractivity contribution in [3.63, 3.8) is 0 Å². The highest BCUT2D eigenvalue weighted by Gasteiger charge is 2.41. The number of hydrogen-bond donors (Lipinski definition) is 1. The Morgan fingerprint density at radius 3 is 2.91 bits per heavy atom. The fourth-order valence-corrected chi connectivity index (χ4v) is 4.16. The van der Waals surface area contributed by atoms with Crippen LogP contribution in [0.4, 0.5) is 0 Å². The lowest BCUT2D eigenvalue weighted by atomic mass is 9.91. The van der Waals surface area contributed by atoms with E-state index in [2.05, 4.69) is 28.9 Å². The molecule has 1 aromatic carbocycles. The van der Waals surface area contributed by atoms with Gasteiger partial charge in [-0.25, -0.2) is 0 Å². The molecule has 0 radical (unpaired) electrons. The molecule has 2 heterocycles. The molecule has 0 aliphatic carbocycles. The Bertz CT molecular complexity index is 538. The molecule has 4 heteroatoms. The maximum absolute atomic E-state index is 10.3. The predicted octanol–water partition coefficient (Wildman–Crippen LogP) is 4.76. The topological polar surface area (TPSA) is 38.7 Å². The van der Waals surface area contributed by atoms with Crippen LogP contribution in [0, 0.1) is 0 Å². The molecule has 1 spiro atoms. The summed E-state index contributed by atoms with van der Waals surface area (Å²) in [7, 11) is 0. The third kappa shape index (κ3) is 3.92. The number of aliphatic hydroxyl groups excluding tert-OH is 1. The van der Waals surface area contributed by atoms with Gasteiger partial charge in [0.15, 0.2) is 0 Å². The monoisotopic (exact) mass is 382 g/mol. The van der Waals surface area contributed by atoms with E-state index in [1.54, 1.807) is 0 Å². The normalized spacial score (nSPS) is 24.5. The molecule has 3 nitrogen and oxygen atoms in total. The highest BCUT2D eigenvalue weighted by Crippen LogP contribution is 2.44. The van der Waals surface area contributed by atoms with Crippen LogP contribution in [0.5, 0.6) is 5.75 Å². The lowest BCUT2D eigenvalue weighted by Crippen LogP contribution is -2.39. The van der Waals surface area contributed by atoms with E-state index in [1.807, 2.05) is 6.07 Å². The fraction of sp³-hybridized carbons (Fsp3) is 0.684. The molecule has 1 N–H and O–H groups in total. The van der Waals surface area contributed by atoms with Gasteiger partial charge in [-0.3, -0.25) is 0 Å². The van der Waals surface area contributed by atoms with Crippen LogP contribution in [0.25, 0.3) is 0 Å². The second-order valence-corrected chi connectivity index (χ2v) is 7.69. The van der Waals surface area contributed by atoms with Gasteiger partial charge in [-0.05, 0) is 58.8 Å². The first kappa shape index (κ1) is 17.2. The quantitative estimate of drug-likeness (QED) is 0.720. The van der Waals surface area contributed by atoms with Crippen LogP contribution in [0.3, 0.4) is 0 Å². The third-order valence-corrected chi connectivity index (χ3v) is 5.64. The van der Waals surface area contributed by atoms with Gasteiger partial charge in [0.2, 0.25) is 5.79 Å². The largest absolute Gasteiger partial charge is 0.461 e. The predicted molar refractivity (Wildman–Crippen MR) is 94.9 cm³/mol. The molecular formula is C19H27BrO3. The van der Waals surface area contributed by atoms with E-state index in [0.717, 1.165) is 61.8 Å². The van der Waals surface area contributed by atoms with Gasteiger partial charge in [-0.1, -0.05) is 32.3 Å². The molecule has 2 atom stereocenters. The molecular weight excluding hydrogens is 356 g/mol. The number of halogens is 1. The van der Waals surface area contributed by atoms with Crippen molar-refractivity contribution in [1.82, 2.24) is 0 Å². The van der Waals surface area contributed by atoms with Gasteiger partial charge in [0.05, 0.1) is 17.2 Å². The van der Waals surface area contributed by atoms with Gasteiger partial charge in [0.25, 0.3) is 0 Å². The maximum atomic E-state index is 10.3. The van der Waals surface area contributed by atoms with E-state index in [-0.39, 0.29) is 6.10 Å². The molecule has 128 valence electrons. The summed E-state index contributed by atoms with van der Waals surface area (Å²) in [5.41, 5.74) is 2.47. The van der Waals surface area contributed by atoms with Crippen LogP contribution in [0.1, 0.15) is 63.0 Å². The SMILES string of the molecule is CCCCC[C@@H](O)Cc1ccc(Br)c2c1CC[C@@]1(CCCO1)O2. The van der Waals surface area contributed by atoms with Crippen molar-refractivity contribution in [3.05, 3.63) is 27.7 Å². The molecule has 3 rings (SSSR count). The molecule has 0 saturated carbocycles. The molecule has 1 saturated heterocycles. The Hall–Kier alpha value is -0.580. The number of hydrogen-bond acceptors (Lipinski definition) is 3. The van der Waals surface area contributed by atoms with E-state index in [4.69, 9.17) is 9.47 Å². The summed E-state index contributed by atoms with van der Waals surface area (Å²) < 4.78 is 13.2. The Morgan fingerprint density at radius 2 is 2.17 bits per heavy atom. The maximum Gasteiger partial charge on any atom is 0.211 e. The standard InChI is InChI=1S/C19H27BrO3/c1-2-3-4-6-15(21)13-14-7-8-17(20)18-16(14)9-11-19(23-18)10-5-12-22-19/h7-8,15,21H,2-6,9-13H2,1H3/t15-,19-/m1/s1. The lowest BCUT2D eigenvalue weighted by molar-refractivity contribution is -0.160. The average Bonchev–Trinajstić information content (AvgIpc) is 2.99. The Morgan fingerprint density at radius 1 is 1.30 bits per heavy atom. The van der Waals surface area contributed by atoms with Gasteiger partial charge in [0, 0.05) is 12.8 Å². The Kier molecular flexibility index (Phi) is 5.65. The van der Waals surface area contributed by atoms with Gasteiger partial charge in [-0.2, -0.15) is 0 Å². The van der Waals surface area contributed by atoms with E-state index in [1.165, 1.54) is 24.0 Å². The summed E-state index contributed by atoms with van der Waals surface area (Å²) in [6, 6.07) is 4.17. The minimum atomic E-state index is -0.409. The molecule has 23 heavy (non-hydrogen) atoms. The zero-order valence-electron chi connectivity index (χ0n) is 13.9. The summed E-state index contributed by atoms with van der Waals surface area (Å²) >= 11 is 3.62. The van der Waals surface area contributed by atoms with Gasteiger partial charge in [-0.15, -0.1) is 0 Å². The van der Waals surface area contributed by atoms with E-state index >= 15 is 0 Å². The van der Waals surface area contributed by atoms with Crippen LogP contribution in [0.2, 0.25) is 0 Å².